The van der Waals surface area contributed by atoms with E-state index in [1.807, 2.05) is 0 Å². The number of carbonyl (C=O) groups excluding carboxylic acids is 1. The number of carbonyl (C=O) groups is 1. The fourth-order valence-corrected chi connectivity index (χ4v) is 2.24. The third kappa shape index (κ3) is 2.11. The number of fused-ring (bicyclic) bond motifs is 1. The quantitative estimate of drug-likeness (QED) is 0.655. The lowest BCUT2D eigenvalue weighted by Gasteiger charge is -2.02. The van der Waals surface area contributed by atoms with Crippen LogP contribution in [0.4, 0.5) is 13.2 Å². The van der Waals surface area contributed by atoms with Gasteiger partial charge in [-0.3, -0.25) is 4.79 Å². The second-order valence-electron chi connectivity index (χ2n) is 4.62. The van der Waals surface area contributed by atoms with E-state index < -0.39 is 28.8 Å². The van der Waals surface area contributed by atoms with Crippen molar-refractivity contribution in [1.82, 2.24) is 0 Å². The molecule has 1 heterocycles. The molecule has 0 atom stereocenters. The molecule has 106 valence electrons. The molecule has 0 saturated heterocycles. The average molecular weight is 290 g/mol. The molecule has 2 nitrogen and oxygen atoms in total. The molecular formula is C16H9F3O2. The maximum Gasteiger partial charge on any atom is 0.234 e. The van der Waals surface area contributed by atoms with E-state index in [0.29, 0.717) is 10.9 Å². The highest BCUT2D eigenvalue weighted by Gasteiger charge is 2.24. The lowest BCUT2D eigenvalue weighted by Crippen LogP contribution is -2.07. The van der Waals surface area contributed by atoms with Crippen LogP contribution < -0.4 is 0 Å². The third-order valence-corrected chi connectivity index (χ3v) is 3.30. The highest BCUT2D eigenvalue weighted by Crippen LogP contribution is 2.28. The molecule has 5 heteroatoms. The number of furan rings is 1. The fourth-order valence-electron chi connectivity index (χ4n) is 2.24. The van der Waals surface area contributed by atoms with E-state index in [9.17, 15) is 18.0 Å². The van der Waals surface area contributed by atoms with Crippen molar-refractivity contribution in [3.8, 4) is 0 Å². The van der Waals surface area contributed by atoms with Gasteiger partial charge in [0.15, 0.2) is 5.76 Å². The summed E-state index contributed by atoms with van der Waals surface area (Å²) in [6, 6.07) is 6.96. The monoisotopic (exact) mass is 290 g/mol. The summed E-state index contributed by atoms with van der Waals surface area (Å²) < 4.78 is 45.8. The van der Waals surface area contributed by atoms with Gasteiger partial charge < -0.3 is 4.42 Å². The van der Waals surface area contributed by atoms with Crippen molar-refractivity contribution < 1.29 is 22.4 Å². The van der Waals surface area contributed by atoms with Crippen LogP contribution in [-0.4, -0.2) is 5.78 Å². The number of halogens is 3. The first-order chi connectivity index (χ1) is 9.99. The van der Waals surface area contributed by atoms with Crippen LogP contribution in [0.5, 0.6) is 0 Å². The SMILES string of the molecule is Cc1c(C(=O)c2c(F)cccc2F)oc2cc(F)ccc12. The van der Waals surface area contributed by atoms with Crippen LogP contribution >= 0.6 is 0 Å². The molecular weight excluding hydrogens is 281 g/mol. The number of hydrogen-bond donors (Lipinski definition) is 0. The van der Waals surface area contributed by atoms with Crippen molar-refractivity contribution in [2.45, 2.75) is 6.92 Å². The molecule has 0 bridgehead atoms. The normalized spacial score (nSPS) is 11.0. The number of benzene rings is 2. The third-order valence-electron chi connectivity index (χ3n) is 3.30. The van der Waals surface area contributed by atoms with Crippen LogP contribution in [0.3, 0.4) is 0 Å². The Morgan fingerprint density at radius 2 is 1.71 bits per heavy atom. The molecule has 1 aromatic heterocycles. The molecule has 3 rings (SSSR count). The predicted octanol–water partition coefficient (Wildman–Crippen LogP) is 4.39. The predicted molar refractivity (Wildman–Crippen MR) is 70.7 cm³/mol. The van der Waals surface area contributed by atoms with Gasteiger partial charge in [-0.25, -0.2) is 13.2 Å². The molecule has 21 heavy (non-hydrogen) atoms. The van der Waals surface area contributed by atoms with E-state index >= 15 is 0 Å². The molecule has 0 radical (unpaired) electrons. The van der Waals surface area contributed by atoms with Crippen molar-refractivity contribution in [1.29, 1.82) is 0 Å². The topological polar surface area (TPSA) is 30.2 Å². The lowest BCUT2D eigenvalue weighted by molar-refractivity contribution is 0.100. The van der Waals surface area contributed by atoms with Crippen molar-refractivity contribution in [3.05, 3.63) is 70.7 Å². The van der Waals surface area contributed by atoms with Gasteiger partial charge in [-0.05, 0) is 31.2 Å². The summed E-state index contributed by atoms with van der Waals surface area (Å²) in [6.07, 6.45) is 0. The number of hydrogen-bond acceptors (Lipinski definition) is 2. The maximum absolute atomic E-state index is 13.7. The molecule has 0 aliphatic rings. The molecule has 0 unspecified atom stereocenters. The van der Waals surface area contributed by atoms with E-state index in [2.05, 4.69) is 0 Å². The number of ketones is 1. The summed E-state index contributed by atoms with van der Waals surface area (Å²) in [4.78, 5) is 12.3. The van der Waals surface area contributed by atoms with Gasteiger partial charge in [0.1, 0.15) is 23.0 Å². The molecule has 0 saturated carbocycles. The molecule has 0 fully saturated rings. The summed E-state index contributed by atoms with van der Waals surface area (Å²) in [5, 5.41) is 0.525. The van der Waals surface area contributed by atoms with Gasteiger partial charge in [-0.2, -0.15) is 0 Å². The summed E-state index contributed by atoms with van der Waals surface area (Å²) in [7, 11) is 0. The molecule has 0 aliphatic heterocycles. The first kappa shape index (κ1) is 13.4. The van der Waals surface area contributed by atoms with Crippen molar-refractivity contribution in [2.24, 2.45) is 0 Å². The van der Waals surface area contributed by atoms with E-state index in [1.165, 1.54) is 18.2 Å². The Hall–Kier alpha value is -2.56. The van der Waals surface area contributed by atoms with Crippen LogP contribution in [-0.2, 0) is 0 Å². The van der Waals surface area contributed by atoms with E-state index in [4.69, 9.17) is 4.42 Å². The zero-order chi connectivity index (χ0) is 15.1. The molecule has 0 spiro atoms. The second-order valence-corrected chi connectivity index (χ2v) is 4.62. The van der Waals surface area contributed by atoms with E-state index in [-0.39, 0.29) is 11.3 Å². The van der Waals surface area contributed by atoms with Crippen molar-refractivity contribution in [3.63, 3.8) is 0 Å². The van der Waals surface area contributed by atoms with Crippen LogP contribution in [0.2, 0.25) is 0 Å². The van der Waals surface area contributed by atoms with Gasteiger partial charge in [-0.1, -0.05) is 6.07 Å². The summed E-state index contributed by atoms with van der Waals surface area (Å²) >= 11 is 0. The van der Waals surface area contributed by atoms with E-state index in [1.54, 1.807) is 6.92 Å². The first-order valence-corrected chi connectivity index (χ1v) is 6.16. The Labute approximate surface area is 117 Å². The zero-order valence-corrected chi connectivity index (χ0v) is 10.9. The van der Waals surface area contributed by atoms with Crippen LogP contribution in [0.25, 0.3) is 11.0 Å². The standard InChI is InChI=1S/C16H9F3O2/c1-8-10-6-5-9(17)7-13(10)21-16(8)15(20)14-11(18)3-2-4-12(14)19/h2-7H,1H3. The number of aryl methyl sites for hydroxylation is 1. The zero-order valence-electron chi connectivity index (χ0n) is 10.9. The first-order valence-electron chi connectivity index (χ1n) is 6.16. The average Bonchev–Trinajstić information content (AvgIpc) is 2.75. The van der Waals surface area contributed by atoms with Crippen LogP contribution in [0.1, 0.15) is 21.7 Å². The Morgan fingerprint density at radius 3 is 2.38 bits per heavy atom. The van der Waals surface area contributed by atoms with Crippen molar-refractivity contribution in [2.75, 3.05) is 0 Å². The highest BCUT2D eigenvalue weighted by atomic mass is 19.1. The second kappa shape index (κ2) is 4.77. The fraction of sp³-hybridized carbons (Fsp3) is 0.0625. The molecule has 3 aromatic rings. The summed E-state index contributed by atoms with van der Waals surface area (Å²) in [6.45, 7) is 1.58. The van der Waals surface area contributed by atoms with E-state index in [0.717, 1.165) is 18.2 Å². The van der Waals surface area contributed by atoms with Gasteiger partial charge in [0, 0.05) is 17.0 Å². The molecule has 0 aliphatic carbocycles. The van der Waals surface area contributed by atoms with Gasteiger partial charge in [0.05, 0.1) is 5.56 Å². The minimum atomic E-state index is -0.967. The molecule has 0 amide bonds. The molecule has 2 aromatic carbocycles. The summed E-state index contributed by atoms with van der Waals surface area (Å²) in [5.74, 6) is -3.55. The Morgan fingerprint density at radius 1 is 1.05 bits per heavy atom. The largest absolute Gasteiger partial charge is 0.452 e. The lowest BCUT2D eigenvalue weighted by atomic mass is 10.0. The number of rotatable bonds is 2. The maximum atomic E-state index is 13.7. The minimum Gasteiger partial charge on any atom is -0.452 e. The van der Waals surface area contributed by atoms with Gasteiger partial charge in [-0.15, -0.1) is 0 Å². The van der Waals surface area contributed by atoms with Gasteiger partial charge in [0.25, 0.3) is 0 Å². The molecule has 0 N–H and O–H groups in total. The van der Waals surface area contributed by atoms with Crippen LogP contribution in [0, 0.1) is 24.4 Å². The Bertz CT molecular complexity index is 845. The van der Waals surface area contributed by atoms with Gasteiger partial charge in [0.2, 0.25) is 5.78 Å². The van der Waals surface area contributed by atoms with Gasteiger partial charge >= 0.3 is 0 Å². The van der Waals surface area contributed by atoms with Crippen LogP contribution in [0.15, 0.2) is 40.8 Å². The minimum absolute atomic E-state index is 0.160. The summed E-state index contributed by atoms with van der Waals surface area (Å²) in [5.41, 5.74) is -0.106. The highest BCUT2D eigenvalue weighted by molar-refractivity contribution is 6.10. The smallest absolute Gasteiger partial charge is 0.234 e. The Kier molecular flexibility index (Phi) is 3.05. The Balaban J connectivity index is 2.21. The van der Waals surface area contributed by atoms with Crippen molar-refractivity contribution >= 4 is 16.8 Å².